The van der Waals surface area contributed by atoms with E-state index in [4.69, 9.17) is 17.3 Å². The maximum absolute atomic E-state index is 12.1. The first kappa shape index (κ1) is 11.9. The molecule has 0 aliphatic heterocycles. The Morgan fingerprint density at radius 3 is 2.75 bits per heavy atom. The van der Waals surface area contributed by atoms with Gasteiger partial charge in [0.1, 0.15) is 0 Å². The zero-order valence-electron chi connectivity index (χ0n) is 9.20. The molecule has 0 saturated heterocycles. The van der Waals surface area contributed by atoms with Gasteiger partial charge in [-0.15, -0.1) is 11.3 Å². The van der Waals surface area contributed by atoms with E-state index in [0.717, 1.165) is 22.1 Å². The van der Waals surface area contributed by atoms with Crippen molar-refractivity contribution in [2.45, 2.75) is 19.4 Å². The van der Waals surface area contributed by atoms with E-state index in [1.54, 1.807) is 4.90 Å². The Kier molecular flexibility index (Phi) is 3.24. The van der Waals surface area contributed by atoms with Crippen LogP contribution in [-0.2, 0) is 11.3 Å². The maximum atomic E-state index is 12.1. The average Bonchev–Trinajstić information content (AvgIpc) is 2.97. The molecule has 1 fully saturated rings. The normalized spacial score (nSPS) is 17.2. The van der Waals surface area contributed by atoms with Gasteiger partial charge in [0.25, 0.3) is 0 Å². The maximum Gasteiger partial charge on any atom is 0.230 e. The molecule has 0 atom stereocenters. The molecule has 0 spiro atoms. The molecule has 2 rings (SSSR count). The lowest BCUT2D eigenvalue weighted by atomic mass is 10.1. The molecule has 0 unspecified atom stereocenters. The smallest absolute Gasteiger partial charge is 0.230 e. The van der Waals surface area contributed by atoms with Crippen LogP contribution in [0.3, 0.4) is 0 Å². The standard InChI is InChI=1S/C11H15ClN2OS/c1-14(6-8-2-3-9(12)16-8)10(15)11(7-13)4-5-11/h2-3H,4-7,13H2,1H3. The summed E-state index contributed by atoms with van der Waals surface area (Å²) < 4.78 is 0.760. The second-order valence-corrected chi connectivity index (χ2v) is 6.15. The second kappa shape index (κ2) is 4.35. The van der Waals surface area contributed by atoms with Gasteiger partial charge in [-0.25, -0.2) is 0 Å². The first-order chi connectivity index (χ1) is 7.57. The minimum absolute atomic E-state index is 0.166. The van der Waals surface area contributed by atoms with E-state index in [2.05, 4.69) is 0 Å². The van der Waals surface area contributed by atoms with Crippen molar-refractivity contribution in [2.75, 3.05) is 13.6 Å². The molecule has 5 heteroatoms. The van der Waals surface area contributed by atoms with Gasteiger partial charge >= 0.3 is 0 Å². The van der Waals surface area contributed by atoms with Crippen LogP contribution in [0.2, 0.25) is 4.34 Å². The van der Waals surface area contributed by atoms with E-state index in [-0.39, 0.29) is 11.3 Å². The lowest BCUT2D eigenvalue weighted by Crippen LogP contribution is -2.37. The summed E-state index contributed by atoms with van der Waals surface area (Å²) in [6.07, 6.45) is 1.86. The van der Waals surface area contributed by atoms with Crippen molar-refractivity contribution in [3.05, 3.63) is 21.3 Å². The van der Waals surface area contributed by atoms with E-state index >= 15 is 0 Å². The number of carbonyl (C=O) groups excluding carboxylic acids is 1. The van der Waals surface area contributed by atoms with Gasteiger partial charge < -0.3 is 10.6 Å². The summed E-state index contributed by atoms with van der Waals surface area (Å²) in [4.78, 5) is 14.9. The molecule has 2 N–H and O–H groups in total. The molecule has 1 aromatic rings. The highest BCUT2D eigenvalue weighted by molar-refractivity contribution is 7.16. The lowest BCUT2D eigenvalue weighted by molar-refractivity contribution is -0.135. The van der Waals surface area contributed by atoms with E-state index in [9.17, 15) is 4.79 Å². The fourth-order valence-corrected chi connectivity index (χ4v) is 2.94. The van der Waals surface area contributed by atoms with Crippen molar-refractivity contribution in [1.29, 1.82) is 0 Å². The third-order valence-electron chi connectivity index (χ3n) is 3.07. The zero-order valence-corrected chi connectivity index (χ0v) is 10.8. The first-order valence-electron chi connectivity index (χ1n) is 5.27. The molecule has 16 heavy (non-hydrogen) atoms. The lowest BCUT2D eigenvalue weighted by Gasteiger charge is -2.21. The second-order valence-electron chi connectivity index (χ2n) is 4.35. The van der Waals surface area contributed by atoms with Gasteiger partial charge in [0.05, 0.1) is 16.3 Å². The molecule has 1 saturated carbocycles. The highest BCUT2D eigenvalue weighted by Gasteiger charge is 2.49. The van der Waals surface area contributed by atoms with Gasteiger partial charge in [0, 0.05) is 18.5 Å². The van der Waals surface area contributed by atoms with Crippen LogP contribution in [0.5, 0.6) is 0 Å². The van der Waals surface area contributed by atoms with Crippen LogP contribution in [0, 0.1) is 5.41 Å². The Bertz CT molecular complexity index is 400. The van der Waals surface area contributed by atoms with Crippen molar-refractivity contribution < 1.29 is 4.79 Å². The van der Waals surface area contributed by atoms with Gasteiger partial charge in [-0.2, -0.15) is 0 Å². The summed E-state index contributed by atoms with van der Waals surface area (Å²) in [5, 5.41) is 0. The molecule has 1 aliphatic carbocycles. The number of halogens is 1. The van der Waals surface area contributed by atoms with Crippen LogP contribution in [-0.4, -0.2) is 24.4 Å². The number of hydrogen-bond donors (Lipinski definition) is 1. The summed E-state index contributed by atoms with van der Waals surface area (Å²) in [5.74, 6) is 0.166. The number of carbonyl (C=O) groups is 1. The van der Waals surface area contributed by atoms with E-state index < -0.39 is 0 Å². The van der Waals surface area contributed by atoms with Crippen LogP contribution in [0.15, 0.2) is 12.1 Å². The molecular weight excluding hydrogens is 244 g/mol. The van der Waals surface area contributed by atoms with Crippen LogP contribution in [0.1, 0.15) is 17.7 Å². The van der Waals surface area contributed by atoms with Gasteiger partial charge in [0.2, 0.25) is 5.91 Å². The number of nitrogens with zero attached hydrogens (tertiary/aromatic N) is 1. The molecule has 1 aromatic heterocycles. The van der Waals surface area contributed by atoms with E-state index in [1.165, 1.54) is 11.3 Å². The summed E-state index contributed by atoms with van der Waals surface area (Å²) in [6, 6.07) is 3.81. The van der Waals surface area contributed by atoms with Crippen LogP contribution in [0.4, 0.5) is 0 Å². The quantitative estimate of drug-likeness (QED) is 0.899. The Hall–Kier alpha value is -0.580. The van der Waals surface area contributed by atoms with Crippen molar-refractivity contribution in [3.63, 3.8) is 0 Å². The van der Waals surface area contributed by atoms with Crippen molar-refractivity contribution in [2.24, 2.45) is 11.1 Å². The molecule has 1 heterocycles. The van der Waals surface area contributed by atoms with Gasteiger partial charge in [-0.3, -0.25) is 4.79 Å². The number of hydrogen-bond acceptors (Lipinski definition) is 3. The number of rotatable bonds is 4. The highest BCUT2D eigenvalue weighted by Crippen LogP contribution is 2.46. The minimum atomic E-state index is -0.254. The van der Waals surface area contributed by atoms with Crippen LogP contribution >= 0.6 is 22.9 Å². The van der Waals surface area contributed by atoms with Gasteiger partial charge in [0.15, 0.2) is 0 Å². The fraction of sp³-hybridized carbons (Fsp3) is 0.545. The third-order valence-corrected chi connectivity index (χ3v) is 4.28. The van der Waals surface area contributed by atoms with Crippen molar-refractivity contribution in [3.8, 4) is 0 Å². The highest BCUT2D eigenvalue weighted by atomic mass is 35.5. The molecule has 0 radical (unpaired) electrons. The Morgan fingerprint density at radius 1 is 1.62 bits per heavy atom. The summed E-state index contributed by atoms with van der Waals surface area (Å²) in [6.45, 7) is 1.08. The molecule has 0 aromatic carbocycles. The summed E-state index contributed by atoms with van der Waals surface area (Å²) >= 11 is 7.36. The van der Waals surface area contributed by atoms with Crippen LogP contribution in [0.25, 0.3) is 0 Å². The zero-order chi connectivity index (χ0) is 11.8. The fourth-order valence-electron chi connectivity index (χ4n) is 1.80. The SMILES string of the molecule is CN(Cc1ccc(Cl)s1)C(=O)C1(CN)CC1. The number of nitrogens with two attached hydrogens (primary N) is 1. The summed E-state index contributed by atoms with van der Waals surface area (Å²) in [7, 11) is 1.83. The largest absolute Gasteiger partial charge is 0.340 e. The molecular formula is C11H15ClN2OS. The minimum Gasteiger partial charge on any atom is -0.340 e. The summed E-state index contributed by atoms with van der Waals surface area (Å²) in [5.41, 5.74) is 5.38. The third kappa shape index (κ3) is 2.24. The van der Waals surface area contributed by atoms with E-state index in [0.29, 0.717) is 13.1 Å². The number of thiophene rings is 1. The molecule has 1 amide bonds. The van der Waals surface area contributed by atoms with Crippen molar-refractivity contribution in [1.82, 2.24) is 4.90 Å². The van der Waals surface area contributed by atoms with Crippen molar-refractivity contribution >= 4 is 28.8 Å². The topological polar surface area (TPSA) is 46.3 Å². The van der Waals surface area contributed by atoms with Gasteiger partial charge in [-0.05, 0) is 25.0 Å². The Labute approximate surface area is 104 Å². The number of amides is 1. The monoisotopic (exact) mass is 258 g/mol. The Morgan fingerprint density at radius 2 is 2.31 bits per heavy atom. The molecule has 88 valence electrons. The molecule has 1 aliphatic rings. The molecule has 0 bridgehead atoms. The molecule has 3 nitrogen and oxygen atoms in total. The predicted molar refractivity (Wildman–Crippen MR) is 66.5 cm³/mol. The van der Waals surface area contributed by atoms with E-state index in [1.807, 2.05) is 19.2 Å². The van der Waals surface area contributed by atoms with Crippen LogP contribution < -0.4 is 5.73 Å². The first-order valence-corrected chi connectivity index (χ1v) is 6.47. The van der Waals surface area contributed by atoms with Gasteiger partial charge in [-0.1, -0.05) is 11.6 Å². The Balaban J connectivity index is 1.98. The average molecular weight is 259 g/mol. The predicted octanol–water partition coefficient (Wildman–Crippen LogP) is 2.10.